The summed E-state index contributed by atoms with van der Waals surface area (Å²) >= 11 is 0. The number of benzene rings is 1. The number of alkyl carbamates (subject to hydrolysis) is 1. The third-order valence-corrected chi connectivity index (χ3v) is 3.37. The standard InChI is InChI=1S/C15H24N2O3S/c1-15(2,3)20-14(18)17-8-7-11-5-6-13(16)9-12(11)10-21(4)19/h5-6,9H,7-8,10,16H2,1-4H3,(H,17,18). The topological polar surface area (TPSA) is 81.4 Å². The normalized spacial score (nSPS) is 12.8. The molecular weight excluding hydrogens is 288 g/mol. The van der Waals surface area contributed by atoms with E-state index in [-0.39, 0.29) is 0 Å². The van der Waals surface area contributed by atoms with Crippen LogP contribution in [0.25, 0.3) is 0 Å². The van der Waals surface area contributed by atoms with E-state index < -0.39 is 22.5 Å². The van der Waals surface area contributed by atoms with E-state index in [4.69, 9.17) is 10.5 Å². The van der Waals surface area contributed by atoms with Crippen molar-refractivity contribution in [3.8, 4) is 0 Å². The van der Waals surface area contributed by atoms with E-state index in [0.29, 0.717) is 24.4 Å². The van der Waals surface area contributed by atoms with Gasteiger partial charge in [0.1, 0.15) is 5.60 Å². The summed E-state index contributed by atoms with van der Waals surface area (Å²) in [5, 5.41) is 2.71. The molecule has 1 aromatic rings. The molecule has 0 fully saturated rings. The Bertz CT molecular complexity index is 524. The molecule has 0 radical (unpaired) electrons. The lowest BCUT2D eigenvalue weighted by Gasteiger charge is -2.19. The number of anilines is 1. The van der Waals surface area contributed by atoms with E-state index in [1.807, 2.05) is 39.0 Å². The predicted octanol–water partition coefficient (Wildman–Crippen LogP) is 2.21. The predicted molar refractivity (Wildman–Crippen MR) is 86.6 cm³/mol. The van der Waals surface area contributed by atoms with Gasteiger partial charge in [-0.05, 0) is 50.5 Å². The van der Waals surface area contributed by atoms with Crippen LogP contribution in [-0.2, 0) is 27.7 Å². The average molecular weight is 312 g/mol. The Balaban J connectivity index is 2.59. The third-order valence-electron chi connectivity index (χ3n) is 2.65. The first-order valence-electron chi connectivity index (χ1n) is 6.81. The van der Waals surface area contributed by atoms with Crippen LogP contribution in [0, 0.1) is 0 Å². The van der Waals surface area contributed by atoms with Crippen molar-refractivity contribution < 1.29 is 13.7 Å². The molecule has 1 aromatic carbocycles. The third kappa shape index (κ3) is 7.13. The number of rotatable bonds is 5. The number of nitrogen functional groups attached to an aromatic ring is 1. The summed E-state index contributed by atoms with van der Waals surface area (Å²) in [5.41, 5.74) is 7.91. The Hall–Kier alpha value is -1.56. The SMILES string of the molecule is CS(=O)Cc1cc(N)ccc1CCNC(=O)OC(C)(C)C. The van der Waals surface area contributed by atoms with Crippen LogP contribution in [0.4, 0.5) is 10.5 Å². The van der Waals surface area contributed by atoms with E-state index in [0.717, 1.165) is 11.1 Å². The molecule has 1 atom stereocenters. The molecule has 5 nitrogen and oxygen atoms in total. The quantitative estimate of drug-likeness (QED) is 0.817. The fraction of sp³-hybridized carbons (Fsp3) is 0.533. The van der Waals surface area contributed by atoms with Crippen LogP contribution in [0.15, 0.2) is 18.2 Å². The molecule has 0 spiro atoms. The highest BCUT2D eigenvalue weighted by atomic mass is 32.2. The second kappa shape index (κ2) is 7.45. The molecular formula is C15H24N2O3S. The van der Waals surface area contributed by atoms with Crippen LogP contribution >= 0.6 is 0 Å². The minimum absolute atomic E-state index is 0.432. The summed E-state index contributed by atoms with van der Waals surface area (Å²) in [7, 11) is -0.930. The monoisotopic (exact) mass is 312 g/mol. The minimum atomic E-state index is -0.930. The zero-order chi connectivity index (χ0) is 16.0. The molecule has 0 bridgehead atoms. The Kier molecular flexibility index (Phi) is 6.20. The Morgan fingerprint density at radius 3 is 2.57 bits per heavy atom. The largest absolute Gasteiger partial charge is 0.444 e. The fourth-order valence-electron chi connectivity index (χ4n) is 1.86. The second-order valence-electron chi connectivity index (χ2n) is 5.92. The van der Waals surface area contributed by atoms with Crippen molar-refractivity contribution in [2.24, 2.45) is 0 Å². The molecule has 0 aliphatic heterocycles. The van der Waals surface area contributed by atoms with Crippen molar-refractivity contribution in [3.05, 3.63) is 29.3 Å². The van der Waals surface area contributed by atoms with Gasteiger partial charge >= 0.3 is 6.09 Å². The number of carbonyl (C=O) groups is 1. The highest BCUT2D eigenvalue weighted by Gasteiger charge is 2.15. The van der Waals surface area contributed by atoms with Crippen molar-refractivity contribution in [1.82, 2.24) is 5.32 Å². The van der Waals surface area contributed by atoms with Gasteiger partial charge in [-0.2, -0.15) is 0 Å². The number of hydrogen-bond acceptors (Lipinski definition) is 4. The average Bonchev–Trinajstić information content (AvgIpc) is 2.28. The van der Waals surface area contributed by atoms with E-state index in [9.17, 15) is 9.00 Å². The van der Waals surface area contributed by atoms with Gasteiger partial charge in [0.2, 0.25) is 0 Å². The maximum atomic E-state index is 11.6. The van der Waals surface area contributed by atoms with Gasteiger partial charge < -0.3 is 15.8 Å². The van der Waals surface area contributed by atoms with E-state index in [1.165, 1.54) is 0 Å². The molecule has 0 saturated heterocycles. The van der Waals surface area contributed by atoms with Crippen molar-refractivity contribution in [1.29, 1.82) is 0 Å². The maximum Gasteiger partial charge on any atom is 0.407 e. The Labute approximate surface area is 128 Å². The molecule has 118 valence electrons. The Morgan fingerprint density at radius 1 is 1.33 bits per heavy atom. The number of amides is 1. The van der Waals surface area contributed by atoms with Crippen LogP contribution < -0.4 is 11.1 Å². The molecule has 21 heavy (non-hydrogen) atoms. The molecule has 0 heterocycles. The van der Waals surface area contributed by atoms with Gasteiger partial charge in [-0.1, -0.05) is 6.07 Å². The molecule has 1 unspecified atom stereocenters. The molecule has 1 rings (SSSR count). The molecule has 6 heteroatoms. The first kappa shape index (κ1) is 17.5. The summed E-state index contributed by atoms with van der Waals surface area (Å²) < 4.78 is 16.6. The van der Waals surface area contributed by atoms with Crippen LogP contribution in [0.3, 0.4) is 0 Å². The lowest BCUT2D eigenvalue weighted by molar-refractivity contribution is 0.0528. The molecule has 0 aliphatic carbocycles. The van der Waals surface area contributed by atoms with Gasteiger partial charge in [0.25, 0.3) is 0 Å². The molecule has 1 amide bonds. The van der Waals surface area contributed by atoms with Crippen LogP contribution in [0.5, 0.6) is 0 Å². The second-order valence-corrected chi connectivity index (χ2v) is 7.36. The summed E-state index contributed by atoms with van der Waals surface area (Å²) in [5.74, 6) is 0.465. The molecule has 0 aliphatic rings. The highest BCUT2D eigenvalue weighted by molar-refractivity contribution is 7.83. The zero-order valence-electron chi connectivity index (χ0n) is 13.1. The van der Waals surface area contributed by atoms with Crippen molar-refractivity contribution >= 4 is 22.6 Å². The number of nitrogens with two attached hydrogens (primary N) is 1. The van der Waals surface area contributed by atoms with Crippen LogP contribution in [0.1, 0.15) is 31.9 Å². The smallest absolute Gasteiger partial charge is 0.407 e. The lowest BCUT2D eigenvalue weighted by Crippen LogP contribution is -2.33. The van der Waals surface area contributed by atoms with Crippen LogP contribution in [-0.4, -0.2) is 28.7 Å². The first-order valence-corrected chi connectivity index (χ1v) is 8.54. The maximum absolute atomic E-state index is 11.6. The van der Waals surface area contributed by atoms with Gasteiger partial charge in [-0.3, -0.25) is 4.21 Å². The van der Waals surface area contributed by atoms with E-state index in [1.54, 1.807) is 6.26 Å². The molecule has 0 saturated carbocycles. The van der Waals surface area contributed by atoms with Crippen molar-refractivity contribution in [2.45, 2.75) is 38.5 Å². The summed E-state index contributed by atoms with van der Waals surface area (Å²) in [6.45, 7) is 5.92. The van der Waals surface area contributed by atoms with Gasteiger partial charge in [0.15, 0.2) is 0 Å². The Morgan fingerprint density at radius 2 is 2.00 bits per heavy atom. The highest BCUT2D eigenvalue weighted by Crippen LogP contribution is 2.16. The zero-order valence-corrected chi connectivity index (χ0v) is 13.9. The summed E-state index contributed by atoms with van der Waals surface area (Å²) in [4.78, 5) is 11.6. The van der Waals surface area contributed by atoms with Crippen molar-refractivity contribution in [3.63, 3.8) is 0 Å². The number of carbonyl (C=O) groups excluding carboxylic acids is 1. The van der Waals surface area contributed by atoms with E-state index >= 15 is 0 Å². The van der Waals surface area contributed by atoms with E-state index in [2.05, 4.69) is 5.32 Å². The molecule has 3 N–H and O–H groups in total. The van der Waals surface area contributed by atoms with Gasteiger partial charge in [-0.25, -0.2) is 4.79 Å². The van der Waals surface area contributed by atoms with Gasteiger partial charge in [0, 0.05) is 35.0 Å². The fourth-order valence-corrected chi connectivity index (χ4v) is 2.56. The first-order chi connectivity index (χ1) is 9.67. The number of hydrogen-bond donors (Lipinski definition) is 2. The molecule has 0 aromatic heterocycles. The van der Waals surface area contributed by atoms with Crippen molar-refractivity contribution in [2.75, 3.05) is 18.5 Å². The van der Waals surface area contributed by atoms with Gasteiger partial charge in [-0.15, -0.1) is 0 Å². The minimum Gasteiger partial charge on any atom is -0.444 e. The van der Waals surface area contributed by atoms with Gasteiger partial charge in [0.05, 0.1) is 0 Å². The van der Waals surface area contributed by atoms with Crippen LogP contribution in [0.2, 0.25) is 0 Å². The summed E-state index contributed by atoms with van der Waals surface area (Å²) in [6.07, 6.45) is 1.87. The summed E-state index contributed by atoms with van der Waals surface area (Å²) in [6, 6.07) is 5.56. The lowest BCUT2D eigenvalue weighted by atomic mass is 10.1. The number of ether oxygens (including phenoxy) is 1. The number of nitrogens with one attached hydrogen (secondary N) is 1.